The van der Waals surface area contributed by atoms with Crippen molar-refractivity contribution >= 4 is 22.5 Å². The zero-order valence-electron chi connectivity index (χ0n) is 13.1. The molecule has 2 aromatic carbocycles. The van der Waals surface area contributed by atoms with Crippen LogP contribution in [-0.4, -0.2) is 31.2 Å². The van der Waals surface area contributed by atoms with Crippen molar-refractivity contribution in [1.29, 1.82) is 0 Å². The average molecular weight is 324 g/mol. The van der Waals surface area contributed by atoms with Crippen LogP contribution in [0, 0.1) is 0 Å². The molecule has 0 unspecified atom stereocenters. The van der Waals surface area contributed by atoms with E-state index in [9.17, 15) is 4.79 Å². The highest BCUT2D eigenvalue weighted by Gasteiger charge is 2.15. The number of fused-ring (bicyclic) bond motifs is 2. The standard InChI is InChI=1S/C18H16N2O4/c1-22-15-4-2-3-13-12(15)10-14(20-13)18(21)19-11-5-6-16-17(9-11)24-8-7-23-16/h2-6,9-10,20H,7-8H2,1H3,(H,19,21). The van der Waals surface area contributed by atoms with Crippen molar-refractivity contribution in [1.82, 2.24) is 4.98 Å². The van der Waals surface area contributed by atoms with Gasteiger partial charge < -0.3 is 24.5 Å². The molecule has 0 atom stereocenters. The first-order valence-corrected chi connectivity index (χ1v) is 7.61. The molecule has 122 valence electrons. The smallest absolute Gasteiger partial charge is 0.272 e. The molecule has 0 aliphatic carbocycles. The molecule has 0 bridgehead atoms. The van der Waals surface area contributed by atoms with Crippen LogP contribution in [0.4, 0.5) is 5.69 Å². The van der Waals surface area contributed by atoms with E-state index in [1.54, 1.807) is 31.4 Å². The fourth-order valence-corrected chi connectivity index (χ4v) is 2.75. The number of nitrogens with one attached hydrogen (secondary N) is 2. The summed E-state index contributed by atoms with van der Waals surface area (Å²) in [6.45, 7) is 1.04. The number of amides is 1. The molecule has 2 heterocycles. The fourth-order valence-electron chi connectivity index (χ4n) is 2.75. The molecule has 6 heteroatoms. The van der Waals surface area contributed by atoms with Crippen LogP contribution in [0.2, 0.25) is 0 Å². The van der Waals surface area contributed by atoms with Crippen molar-refractivity contribution in [3.05, 3.63) is 48.2 Å². The summed E-state index contributed by atoms with van der Waals surface area (Å²) in [5.74, 6) is 1.82. The second kappa shape index (κ2) is 5.81. The Kier molecular flexibility index (Phi) is 3.49. The van der Waals surface area contributed by atoms with Gasteiger partial charge in [-0.25, -0.2) is 0 Å². The van der Waals surface area contributed by atoms with Crippen molar-refractivity contribution in [2.45, 2.75) is 0 Å². The molecule has 2 N–H and O–H groups in total. The lowest BCUT2D eigenvalue weighted by molar-refractivity contribution is 0.102. The number of benzene rings is 2. The van der Waals surface area contributed by atoms with Gasteiger partial charge in [0.2, 0.25) is 0 Å². The topological polar surface area (TPSA) is 72.6 Å². The van der Waals surface area contributed by atoms with E-state index in [-0.39, 0.29) is 5.91 Å². The highest BCUT2D eigenvalue weighted by atomic mass is 16.6. The van der Waals surface area contributed by atoms with Gasteiger partial charge in [-0.2, -0.15) is 0 Å². The zero-order chi connectivity index (χ0) is 16.5. The van der Waals surface area contributed by atoms with Crippen LogP contribution in [0.15, 0.2) is 42.5 Å². The zero-order valence-corrected chi connectivity index (χ0v) is 13.1. The Morgan fingerprint density at radius 1 is 1.12 bits per heavy atom. The number of hydrogen-bond acceptors (Lipinski definition) is 4. The summed E-state index contributed by atoms with van der Waals surface area (Å²) in [4.78, 5) is 15.6. The van der Waals surface area contributed by atoms with E-state index in [4.69, 9.17) is 14.2 Å². The predicted molar refractivity (Wildman–Crippen MR) is 90.2 cm³/mol. The molecule has 1 aliphatic heterocycles. The molecule has 1 amide bonds. The highest BCUT2D eigenvalue weighted by Crippen LogP contribution is 2.33. The second-order valence-electron chi connectivity index (χ2n) is 5.42. The average Bonchev–Trinajstić information content (AvgIpc) is 3.06. The van der Waals surface area contributed by atoms with Crippen LogP contribution in [0.25, 0.3) is 10.9 Å². The molecule has 3 aromatic rings. The maximum absolute atomic E-state index is 12.5. The number of hydrogen-bond donors (Lipinski definition) is 2. The Hall–Kier alpha value is -3.15. The third-order valence-corrected chi connectivity index (χ3v) is 3.89. The van der Waals surface area contributed by atoms with Crippen LogP contribution in [0.1, 0.15) is 10.5 Å². The van der Waals surface area contributed by atoms with Gasteiger partial charge in [0, 0.05) is 22.7 Å². The minimum atomic E-state index is -0.232. The van der Waals surface area contributed by atoms with Gasteiger partial charge >= 0.3 is 0 Å². The Balaban J connectivity index is 1.60. The van der Waals surface area contributed by atoms with E-state index in [2.05, 4.69) is 10.3 Å². The lowest BCUT2D eigenvalue weighted by Gasteiger charge is -2.18. The Morgan fingerprint density at radius 3 is 2.79 bits per heavy atom. The molecule has 0 saturated heterocycles. The number of methoxy groups -OCH3 is 1. The van der Waals surface area contributed by atoms with Crippen molar-refractivity contribution in [2.75, 3.05) is 25.6 Å². The first-order valence-electron chi connectivity index (χ1n) is 7.61. The lowest BCUT2D eigenvalue weighted by Crippen LogP contribution is -2.16. The summed E-state index contributed by atoms with van der Waals surface area (Å²) in [6, 6.07) is 12.8. The first kappa shape index (κ1) is 14.4. The van der Waals surface area contributed by atoms with Gasteiger partial charge in [-0.05, 0) is 30.3 Å². The first-order chi connectivity index (χ1) is 11.7. The third kappa shape index (κ3) is 2.52. The number of carbonyl (C=O) groups is 1. The second-order valence-corrected chi connectivity index (χ2v) is 5.42. The summed E-state index contributed by atoms with van der Waals surface area (Å²) < 4.78 is 16.3. The van der Waals surface area contributed by atoms with Gasteiger partial charge in [-0.15, -0.1) is 0 Å². The molecule has 0 radical (unpaired) electrons. The SMILES string of the molecule is COc1cccc2[nH]c(C(=O)Nc3ccc4c(c3)OCCO4)cc12. The molecule has 1 aliphatic rings. The molecule has 24 heavy (non-hydrogen) atoms. The largest absolute Gasteiger partial charge is 0.496 e. The van der Waals surface area contributed by atoms with Crippen LogP contribution in [0.3, 0.4) is 0 Å². The summed E-state index contributed by atoms with van der Waals surface area (Å²) in [5, 5.41) is 3.73. The van der Waals surface area contributed by atoms with E-state index in [1.807, 2.05) is 18.2 Å². The molecule has 4 rings (SSSR count). The number of rotatable bonds is 3. The van der Waals surface area contributed by atoms with Crippen molar-refractivity contribution in [3.8, 4) is 17.2 Å². The predicted octanol–water partition coefficient (Wildman–Crippen LogP) is 3.20. The van der Waals surface area contributed by atoms with Gasteiger partial charge in [-0.1, -0.05) is 6.07 Å². The summed E-state index contributed by atoms with van der Waals surface area (Å²) in [7, 11) is 1.61. The molecule has 1 aromatic heterocycles. The monoisotopic (exact) mass is 324 g/mol. The third-order valence-electron chi connectivity index (χ3n) is 3.89. The van der Waals surface area contributed by atoms with Crippen LogP contribution < -0.4 is 19.5 Å². The quantitative estimate of drug-likeness (QED) is 0.776. The van der Waals surface area contributed by atoms with Crippen molar-refractivity contribution in [3.63, 3.8) is 0 Å². The normalized spacial score (nSPS) is 12.9. The molecular formula is C18H16N2O4. The van der Waals surface area contributed by atoms with E-state index < -0.39 is 0 Å². The maximum Gasteiger partial charge on any atom is 0.272 e. The number of aromatic nitrogens is 1. The highest BCUT2D eigenvalue weighted by molar-refractivity contribution is 6.06. The Morgan fingerprint density at radius 2 is 1.96 bits per heavy atom. The van der Waals surface area contributed by atoms with Crippen LogP contribution in [0.5, 0.6) is 17.2 Å². The Bertz CT molecular complexity index is 917. The summed E-state index contributed by atoms with van der Waals surface area (Å²) in [5.41, 5.74) is 1.96. The number of ether oxygens (including phenoxy) is 3. The molecule has 0 saturated carbocycles. The molecule has 0 fully saturated rings. The minimum absolute atomic E-state index is 0.232. The van der Waals surface area contributed by atoms with E-state index in [1.165, 1.54) is 0 Å². The fraction of sp³-hybridized carbons (Fsp3) is 0.167. The lowest BCUT2D eigenvalue weighted by atomic mass is 10.2. The number of aromatic amines is 1. The number of carbonyl (C=O) groups excluding carboxylic acids is 1. The van der Waals surface area contributed by atoms with Gasteiger partial charge in [0.25, 0.3) is 5.91 Å². The van der Waals surface area contributed by atoms with Crippen molar-refractivity contribution in [2.24, 2.45) is 0 Å². The van der Waals surface area contributed by atoms with E-state index >= 15 is 0 Å². The van der Waals surface area contributed by atoms with Gasteiger partial charge in [-0.3, -0.25) is 4.79 Å². The van der Waals surface area contributed by atoms with Crippen molar-refractivity contribution < 1.29 is 19.0 Å². The van der Waals surface area contributed by atoms with Gasteiger partial charge in [0.1, 0.15) is 24.7 Å². The summed E-state index contributed by atoms with van der Waals surface area (Å²) >= 11 is 0. The number of H-pyrrole nitrogens is 1. The number of anilines is 1. The van der Waals surface area contributed by atoms with E-state index in [0.29, 0.717) is 36.1 Å². The molecule has 6 nitrogen and oxygen atoms in total. The van der Waals surface area contributed by atoms with Crippen LogP contribution in [-0.2, 0) is 0 Å². The summed E-state index contributed by atoms with van der Waals surface area (Å²) in [6.07, 6.45) is 0. The molecule has 0 spiro atoms. The van der Waals surface area contributed by atoms with Gasteiger partial charge in [0.05, 0.1) is 7.11 Å². The Labute approximate surface area is 138 Å². The minimum Gasteiger partial charge on any atom is -0.496 e. The van der Waals surface area contributed by atoms with Crippen LogP contribution >= 0.6 is 0 Å². The van der Waals surface area contributed by atoms with E-state index in [0.717, 1.165) is 16.7 Å². The maximum atomic E-state index is 12.5. The van der Waals surface area contributed by atoms with Gasteiger partial charge in [0.15, 0.2) is 11.5 Å². The molecular weight excluding hydrogens is 308 g/mol.